The molecule has 0 aliphatic heterocycles. The fraction of sp³-hybridized carbons (Fsp3) is 0.125. The highest BCUT2D eigenvalue weighted by Gasteiger charge is 2.29. The van der Waals surface area contributed by atoms with Gasteiger partial charge in [-0.05, 0) is 35.9 Å². The smallest absolute Gasteiger partial charge is 0.265 e. The minimum absolute atomic E-state index is 0.406. The summed E-state index contributed by atoms with van der Waals surface area (Å²) in [6.45, 7) is 0.406. The van der Waals surface area contributed by atoms with Crippen LogP contribution >= 0.6 is 0 Å². The van der Waals surface area contributed by atoms with Gasteiger partial charge in [-0.1, -0.05) is 12.1 Å². The Kier molecular flexibility index (Phi) is 3.66. The van der Waals surface area contributed by atoms with Gasteiger partial charge in [0.25, 0.3) is 0 Å². The topological polar surface area (TPSA) is 30.7 Å². The highest BCUT2D eigenvalue weighted by atomic mass is 19.4. The monoisotopic (exact) mass is 303 g/mol. The van der Waals surface area contributed by atoms with Crippen LogP contribution in [0.25, 0.3) is 11.3 Å². The molecule has 0 saturated carbocycles. The van der Waals surface area contributed by atoms with Crippen LogP contribution in [0, 0.1) is 0 Å². The average Bonchev–Trinajstić information content (AvgIpc) is 2.96. The Bertz CT molecular complexity index is 746. The maximum atomic E-state index is 12.6. The predicted molar refractivity (Wildman–Crippen MR) is 76.0 cm³/mol. The van der Waals surface area contributed by atoms with Crippen LogP contribution in [0.3, 0.4) is 0 Å². The number of rotatable bonds is 3. The molecule has 0 radical (unpaired) electrons. The summed E-state index contributed by atoms with van der Waals surface area (Å²) in [7, 11) is 0. The molecule has 0 bridgehead atoms. The molecular formula is C16H12F3N3. The first-order chi connectivity index (χ1) is 10.5. The summed E-state index contributed by atoms with van der Waals surface area (Å²) in [5.74, 6) is 0. The lowest BCUT2D eigenvalue weighted by Crippen LogP contribution is -2.06. The Morgan fingerprint density at radius 2 is 1.55 bits per heavy atom. The summed E-state index contributed by atoms with van der Waals surface area (Å²) in [6.07, 6.45) is 0.724. The van der Waals surface area contributed by atoms with Gasteiger partial charge in [-0.2, -0.15) is 18.3 Å². The lowest BCUT2D eigenvalue weighted by molar-refractivity contribution is -0.137. The minimum Gasteiger partial charge on any atom is -0.265 e. The summed E-state index contributed by atoms with van der Waals surface area (Å²) in [5, 5.41) is 4.23. The number of nitrogens with zero attached hydrogens (tertiary/aromatic N) is 3. The first-order valence-electron chi connectivity index (χ1n) is 6.62. The predicted octanol–water partition coefficient (Wildman–Crippen LogP) is 4.01. The molecule has 0 aliphatic carbocycles. The third-order valence-electron chi connectivity index (χ3n) is 3.31. The highest BCUT2D eigenvalue weighted by molar-refractivity contribution is 5.58. The molecule has 2 aromatic heterocycles. The molecule has 6 heteroatoms. The molecule has 3 rings (SSSR count). The summed E-state index contributed by atoms with van der Waals surface area (Å²) in [5.41, 5.74) is 1.96. The maximum Gasteiger partial charge on any atom is 0.416 e. The third-order valence-corrected chi connectivity index (χ3v) is 3.31. The van der Waals surface area contributed by atoms with Gasteiger partial charge in [-0.3, -0.25) is 9.67 Å². The van der Waals surface area contributed by atoms with E-state index in [0.717, 1.165) is 29.0 Å². The molecule has 112 valence electrons. The molecule has 2 heterocycles. The Balaban J connectivity index is 1.84. The van der Waals surface area contributed by atoms with Crippen molar-refractivity contribution < 1.29 is 13.2 Å². The van der Waals surface area contributed by atoms with Crippen LogP contribution in [0.4, 0.5) is 13.2 Å². The molecule has 0 saturated heterocycles. The van der Waals surface area contributed by atoms with Gasteiger partial charge in [-0.25, -0.2) is 0 Å². The van der Waals surface area contributed by atoms with E-state index in [2.05, 4.69) is 10.1 Å². The van der Waals surface area contributed by atoms with Gasteiger partial charge in [0.05, 0.1) is 17.8 Å². The van der Waals surface area contributed by atoms with E-state index < -0.39 is 11.7 Å². The fourth-order valence-electron chi connectivity index (χ4n) is 2.20. The van der Waals surface area contributed by atoms with Gasteiger partial charge in [-0.15, -0.1) is 0 Å². The van der Waals surface area contributed by atoms with E-state index in [4.69, 9.17) is 0 Å². The number of alkyl halides is 3. The highest BCUT2D eigenvalue weighted by Crippen LogP contribution is 2.29. The van der Waals surface area contributed by atoms with E-state index in [1.807, 2.05) is 18.2 Å². The van der Waals surface area contributed by atoms with Crippen molar-refractivity contribution >= 4 is 0 Å². The Morgan fingerprint density at radius 3 is 2.18 bits per heavy atom. The number of halogens is 3. The zero-order chi connectivity index (χ0) is 15.6. The third kappa shape index (κ3) is 3.00. The minimum atomic E-state index is -4.31. The molecule has 0 unspecified atom stereocenters. The van der Waals surface area contributed by atoms with Crippen molar-refractivity contribution in [2.24, 2.45) is 0 Å². The lowest BCUT2D eigenvalue weighted by Gasteiger charge is -2.10. The standard InChI is InChI=1S/C16H12F3N3/c17-16(18,19)14-3-1-12(2-4-14)11-22-15(7-10-21-22)13-5-8-20-9-6-13/h1-10H,11H2. The molecule has 0 N–H and O–H groups in total. The molecule has 0 aliphatic rings. The van der Waals surface area contributed by atoms with Gasteiger partial charge in [0.15, 0.2) is 0 Å². The molecule has 0 atom stereocenters. The van der Waals surface area contributed by atoms with Gasteiger partial charge in [0.1, 0.15) is 0 Å². The summed E-state index contributed by atoms with van der Waals surface area (Å²) >= 11 is 0. The van der Waals surface area contributed by atoms with Gasteiger partial charge in [0.2, 0.25) is 0 Å². The Morgan fingerprint density at radius 1 is 0.864 bits per heavy atom. The van der Waals surface area contributed by atoms with E-state index in [1.54, 1.807) is 23.3 Å². The van der Waals surface area contributed by atoms with E-state index in [1.165, 1.54) is 12.1 Å². The second kappa shape index (κ2) is 5.63. The van der Waals surface area contributed by atoms with Crippen molar-refractivity contribution in [1.82, 2.24) is 14.8 Å². The lowest BCUT2D eigenvalue weighted by atomic mass is 10.1. The SMILES string of the molecule is FC(F)(F)c1ccc(Cn2nccc2-c2ccncc2)cc1. The van der Waals surface area contributed by atoms with Crippen molar-refractivity contribution in [2.75, 3.05) is 0 Å². The van der Waals surface area contributed by atoms with E-state index in [9.17, 15) is 13.2 Å². The van der Waals surface area contributed by atoms with Crippen molar-refractivity contribution in [1.29, 1.82) is 0 Å². The zero-order valence-corrected chi connectivity index (χ0v) is 11.5. The van der Waals surface area contributed by atoms with E-state index in [-0.39, 0.29) is 0 Å². The quantitative estimate of drug-likeness (QED) is 0.732. The second-order valence-corrected chi connectivity index (χ2v) is 4.80. The summed E-state index contributed by atoms with van der Waals surface area (Å²) in [4.78, 5) is 3.97. The van der Waals surface area contributed by atoms with Crippen LogP contribution in [0.5, 0.6) is 0 Å². The molecular weight excluding hydrogens is 291 g/mol. The van der Waals surface area contributed by atoms with Crippen molar-refractivity contribution in [3.63, 3.8) is 0 Å². The molecule has 22 heavy (non-hydrogen) atoms. The molecule has 1 aromatic carbocycles. The number of pyridine rings is 1. The Hall–Kier alpha value is -2.63. The van der Waals surface area contributed by atoms with Gasteiger partial charge in [0, 0.05) is 24.2 Å². The molecule has 0 amide bonds. The van der Waals surface area contributed by atoms with Crippen LogP contribution in [0.2, 0.25) is 0 Å². The van der Waals surface area contributed by atoms with Gasteiger partial charge >= 0.3 is 6.18 Å². The fourth-order valence-corrected chi connectivity index (χ4v) is 2.20. The van der Waals surface area contributed by atoms with Crippen LogP contribution in [0.1, 0.15) is 11.1 Å². The Labute approximate surface area is 125 Å². The van der Waals surface area contributed by atoms with Crippen LogP contribution in [-0.2, 0) is 12.7 Å². The maximum absolute atomic E-state index is 12.6. The summed E-state index contributed by atoms with van der Waals surface area (Å²) < 4.78 is 39.4. The number of aromatic nitrogens is 3. The van der Waals surface area contributed by atoms with Gasteiger partial charge < -0.3 is 0 Å². The van der Waals surface area contributed by atoms with E-state index in [0.29, 0.717) is 6.54 Å². The van der Waals surface area contributed by atoms with Crippen molar-refractivity contribution in [3.05, 3.63) is 72.2 Å². The molecule has 3 aromatic rings. The molecule has 0 spiro atoms. The van der Waals surface area contributed by atoms with Crippen LogP contribution in [-0.4, -0.2) is 14.8 Å². The number of benzene rings is 1. The second-order valence-electron chi connectivity index (χ2n) is 4.80. The van der Waals surface area contributed by atoms with Crippen molar-refractivity contribution in [3.8, 4) is 11.3 Å². The largest absolute Gasteiger partial charge is 0.416 e. The first-order valence-corrected chi connectivity index (χ1v) is 6.62. The number of hydrogen-bond donors (Lipinski definition) is 0. The first kappa shape index (κ1) is 14.3. The zero-order valence-electron chi connectivity index (χ0n) is 11.5. The van der Waals surface area contributed by atoms with Crippen LogP contribution in [0.15, 0.2) is 61.1 Å². The summed E-state index contributed by atoms with van der Waals surface area (Å²) in [6, 6.07) is 10.7. The van der Waals surface area contributed by atoms with E-state index >= 15 is 0 Å². The average molecular weight is 303 g/mol. The number of hydrogen-bond acceptors (Lipinski definition) is 2. The molecule has 0 fully saturated rings. The normalized spacial score (nSPS) is 11.6. The van der Waals surface area contributed by atoms with Crippen molar-refractivity contribution in [2.45, 2.75) is 12.7 Å². The van der Waals surface area contributed by atoms with Crippen LogP contribution < -0.4 is 0 Å². The molecule has 3 nitrogen and oxygen atoms in total.